The van der Waals surface area contributed by atoms with Crippen molar-refractivity contribution in [1.82, 2.24) is 0 Å². The number of anilines is 1. The first-order valence-electron chi connectivity index (χ1n) is 7.23. The molecule has 0 radical (unpaired) electrons. The van der Waals surface area contributed by atoms with E-state index in [0.717, 1.165) is 25.8 Å². The van der Waals surface area contributed by atoms with E-state index in [0.29, 0.717) is 6.04 Å². The van der Waals surface area contributed by atoms with Gasteiger partial charge in [-0.15, -0.1) is 0 Å². The fraction of sp³-hybridized carbons (Fsp3) is 0.625. The Morgan fingerprint density at radius 1 is 1.17 bits per heavy atom. The highest BCUT2D eigenvalue weighted by atomic mass is 15.2. The minimum Gasteiger partial charge on any atom is -0.367 e. The first kappa shape index (κ1) is 15.0. The monoisotopic (exact) mass is 248 g/mol. The van der Waals surface area contributed by atoms with E-state index in [2.05, 4.69) is 56.9 Å². The van der Waals surface area contributed by atoms with Gasteiger partial charge in [0.25, 0.3) is 0 Å². The van der Waals surface area contributed by atoms with Gasteiger partial charge in [0, 0.05) is 24.3 Å². The zero-order chi connectivity index (χ0) is 13.5. The molecule has 0 aliphatic rings. The zero-order valence-corrected chi connectivity index (χ0v) is 12.3. The molecule has 2 N–H and O–H groups in total. The van der Waals surface area contributed by atoms with E-state index in [1.807, 2.05) is 0 Å². The topological polar surface area (TPSA) is 29.3 Å². The van der Waals surface area contributed by atoms with Crippen LogP contribution in [0.15, 0.2) is 24.3 Å². The molecule has 1 rings (SSSR count). The molecule has 0 amide bonds. The van der Waals surface area contributed by atoms with E-state index in [1.165, 1.54) is 11.3 Å². The summed E-state index contributed by atoms with van der Waals surface area (Å²) in [7, 11) is 0. The second kappa shape index (κ2) is 7.42. The predicted octanol–water partition coefficient (Wildman–Crippen LogP) is 3.73. The Kier molecular flexibility index (Phi) is 6.20. The Morgan fingerprint density at radius 2 is 1.83 bits per heavy atom. The fourth-order valence-electron chi connectivity index (χ4n) is 2.75. The molecule has 2 unspecified atom stereocenters. The molecule has 1 aromatic rings. The Bertz CT molecular complexity index is 349. The summed E-state index contributed by atoms with van der Waals surface area (Å²) in [4.78, 5) is 2.47. The van der Waals surface area contributed by atoms with Crippen molar-refractivity contribution in [2.75, 3.05) is 11.4 Å². The molecule has 0 spiro atoms. The van der Waals surface area contributed by atoms with Crippen LogP contribution in [0.2, 0.25) is 0 Å². The van der Waals surface area contributed by atoms with Crippen LogP contribution in [0.5, 0.6) is 0 Å². The summed E-state index contributed by atoms with van der Waals surface area (Å²) in [6.07, 6.45) is 3.35. The maximum absolute atomic E-state index is 6.36. The number of likely N-dealkylation sites (N-methyl/N-ethyl adjacent to an activating group) is 1. The molecule has 0 fully saturated rings. The smallest absolute Gasteiger partial charge is 0.0438 e. The van der Waals surface area contributed by atoms with Gasteiger partial charge >= 0.3 is 0 Å². The molecular weight excluding hydrogens is 220 g/mol. The molecule has 2 heteroatoms. The van der Waals surface area contributed by atoms with Gasteiger partial charge in [0.1, 0.15) is 0 Å². The van der Waals surface area contributed by atoms with Crippen molar-refractivity contribution in [1.29, 1.82) is 0 Å². The number of nitrogens with two attached hydrogens (primary N) is 1. The zero-order valence-electron chi connectivity index (χ0n) is 12.3. The van der Waals surface area contributed by atoms with Gasteiger partial charge < -0.3 is 10.6 Å². The average Bonchev–Trinajstić information content (AvgIpc) is 2.37. The maximum Gasteiger partial charge on any atom is 0.0438 e. The van der Waals surface area contributed by atoms with E-state index in [9.17, 15) is 0 Å². The lowest BCUT2D eigenvalue weighted by Gasteiger charge is -2.37. The number of rotatable bonds is 7. The van der Waals surface area contributed by atoms with Crippen molar-refractivity contribution in [2.45, 2.75) is 59.0 Å². The van der Waals surface area contributed by atoms with E-state index in [1.54, 1.807) is 0 Å². The molecule has 0 saturated heterocycles. The summed E-state index contributed by atoms with van der Waals surface area (Å²) < 4.78 is 0. The third-order valence-electron chi connectivity index (χ3n) is 3.70. The van der Waals surface area contributed by atoms with Crippen molar-refractivity contribution in [2.24, 2.45) is 5.73 Å². The molecule has 18 heavy (non-hydrogen) atoms. The molecule has 0 heterocycles. The quantitative estimate of drug-likeness (QED) is 0.796. The molecule has 0 saturated carbocycles. The fourth-order valence-corrected chi connectivity index (χ4v) is 2.75. The normalized spacial score (nSPS) is 14.3. The van der Waals surface area contributed by atoms with Gasteiger partial charge in [-0.05, 0) is 38.3 Å². The van der Waals surface area contributed by atoms with Crippen LogP contribution in [0.4, 0.5) is 5.69 Å². The van der Waals surface area contributed by atoms with Crippen LogP contribution in [0.25, 0.3) is 0 Å². The van der Waals surface area contributed by atoms with Crippen LogP contribution in [0.1, 0.15) is 45.6 Å². The van der Waals surface area contributed by atoms with Gasteiger partial charge in [-0.2, -0.15) is 0 Å². The van der Waals surface area contributed by atoms with Crippen LogP contribution in [-0.2, 0) is 0 Å². The van der Waals surface area contributed by atoms with Gasteiger partial charge in [0.15, 0.2) is 0 Å². The number of hydrogen-bond donors (Lipinski definition) is 1. The van der Waals surface area contributed by atoms with Gasteiger partial charge in [0.05, 0.1) is 0 Å². The van der Waals surface area contributed by atoms with Crippen LogP contribution >= 0.6 is 0 Å². The third kappa shape index (κ3) is 3.49. The van der Waals surface area contributed by atoms with Crippen molar-refractivity contribution in [3.63, 3.8) is 0 Å². The minimum atomic E-state index is 0.263. The highest BCUT2D eigenvalue weighted by Gasteiger charge is 2.22. The van der Waals surface area contributed by atoms with E-state index in [4.69, 9.17) is 5.73 Å². The lowest BCUT2D eigenvalue weighted by Crippen LogP contribution is -2.48. The first-order valence-corrected chi connectivity index (χ1v) is 7.23. The van der Waals surface area contributed by atoms with Crippen molar-refractivity contribution in [3.8, 4) is 0 Å². The summed E-state index contributed by atoms with van der Waals surface area (Å²) in [5.41, 5.74) is 9.03. The highest BCUT2D eigenvalue weighted by Crippen LogP contribution is 2.24. The van der Waals surface area contributed by atoms with Crippen LogP contribution in [0.3, 0.4) is 0 Å². The summed E-state index contributed by atoms with van der Waals surface area (Å²) in [5, 5.41) is 0. The molecule has 1 aromatic carbocycles. The Hall–Kier alpha value is -1.02. The molecule has 2 atom stereocenters. The Morgan fingerprint density at radius 3 is 2.33 bits per heavy atom. The standard InChI is InChI=1S/C16H28N2/c1-5-10-14(17)15(6-2)18(7-3)16-12-9-8-11-13(16)4/h8-9,11-12,14-15H,5-7,10,17H2,1-4H3. The van der Waals surface area contributed by atoms with E-state index in [-0.39, 0.29) is 6.04 Å². The molecule has 102 valence electrons. The molecule has 0 aliphatic heterocycles. The van der Waals surface area contributed by atoms with Crippen molar-refractivity contribution < 1.29 is 0 Å². The SMILES string of the molecule is CCCC(N)C(CC)N(CC)c1ccccc1C. The molecule has 0 aromatic heterocycles. The van der Waals surface area contributed by atoms with E-state index < -0.39 is 0 Å². The summed E-state index contributed by atoms with van der Waals surface area (Å²) in [5.74, 6) is 0. The molecule has 2 nitrogen and oxygen atoms in total. The second-order valence-corrected chi connectivity index (χ2v) is 5.00. The lowest BCUT2D eigenvalue weighted by atomic mass is 9.98. The van der Waals surface area contributed by atoms with Crippen LogP contribution in [0, 0.1) is 6.92 Å². The van der Waals surface area contributed by atoms with Gasteiger partial charge in [0.2, 0.25) is 0 Å². The highest BCUT2D eigenvalue weighted by molar-refractivity contribution is 5.54. The van der Waals surface area contributed by atoms with E-state index >= 15 is 0 Å². The first-order chi connectivity index (χ1) is 8.65. The van der Waals surface area contributed by atoms with Gasteiger partial charge in [-0.25, -0.2) is 0 Å². The third-order valence-corrected chi connectivity index (χ3v) is 3.70. The minimum absolute atomic E-state index is 0.263. The van der Waals surface area contributed by atoms with Crippen molar-refractivity contribution in [3.05, 3.63) is 29.8 Å². The van der Waals surface area contributed by atoms with Gasteiger partial charge in [-0.1, -0.05) is 38.5 Å². The number of aryl methyl sites for hydroxylation is 1. The average molecular weight is 248 g/mol. The number of benzene rings is 1. The van der Waals surface area contributed by atoms with Crippen molar-refractivity contribution >= 4 is 5.69 Å². The van der Waals surface area contributed by atoms with Gasteiger partial charge in [-0.3, -0.25) is 0 Å². The Balaban J connectivity index is 2.96. The molecule has 0 aliphatic carbocycles. The second-order valence-electron chi connectivity index (χ2n) is 5.00. The molecular formula is C16H28N2. The summed E-state index contributed by atoms with van der Waals surface area (Å²) in [6.45, 7) is 9.85. The van der Waals surface area contributed by atoms with Crippen LogP contribution in [-0.4, -0.2) is 18.6 Å². The maximum atomic E-state index is 6.36. The number of para-hydroxylation sites is 1. The number of nitrogens with zero attached hydrogens (tertiary/aromatic N) is 1. The molecule has 0 bridgehead atoms. The van der Waals surface area contributed by atoms with Crippen LogP contribution < -0.4 is 10.6 Å². The largest absolute Gasteiger partial charge is 0.367 e. The lowest BCUT2D eigenvalue weighted by molar-refractivity contribution is 0.450. The number of hydrogen-bond acceptors (Lipinski definition) is 2. The summed E-state index contributed by atoms with van der Waals surface area (Å²) >= 11 is 0. The predicted molar refractivity (Wildman–Crippen MR) is 81.2 cm³/mol. The Labute approximate surface area is 112 Å². The summed E-state index contributed by atoms with van der Waals surface area (Å²) in [6, 6.07) is 9.30.